The second-order valence-corrected chi connectivity index (χ2v) is 19.9. The minimum absolute atomic E-state index is 0.0929. The SMILES string of the molecule is CCCCC/C=C\C/C=C\CCCCCCCC(=O)O[C@H](COC(=O)CCC/C=C\C/C=C\C/C=C\CCCCCCCC)COC(=O)CCCCCCCCCCCCCCCCCCCCC. The highest BCUT2D eigenvalue weighted by Gasteiger charge is 2.19. The number of hydrogen-bond acceptors (Lipinski definition) is 6. The monoisotopic (exact) mass is 965 g/mol. The first-order valence-corrected chi connectivity index (χ1v) is 29.8. The topological polar surface area (TPSA) is 78.9 Å². The van der Waals surface area contributed by atoms with Gasteiger partial charge in [-0.15, -0.1) is 0 Å². The fourth-order valence-electron chi connectivity index (χ4n) is 8.49. The van der Waals surface area contributed by atoms with E-state index in [1.54, 1.807) is 0 Å². The summed E-state index contributed by atoms with van der Waals surface area (Å²) in [5.74, 6) is -0.948. The minimum atomic E-state index is -0.800. The number of allylic oxidation sites excluding steroid dienone is 10. The van der Waals surface area contributed by atoms with Crippen molar-refractivity contribution in [1.82, 2.24) is 0 Å². The smallest absolute Gasteiger partial charge is 0.306 e. The van der Waals surface area contributed by atoms with Gasteiger partial charge in [-0.05, 0) is 83.5 Å². The molecule has 69 heavy (non-hydrogen) atoms. The van der Waals surface area contributed by atoms with E-state index in [0.717, 1.165) is 83.5 Å². The summed E-state index contributed by atoms with van der Waals surface area (Å²) in [5.41, 5.74) is 0. The van der Waals surface area contributed by atoms with E-state index < -0.39 is 6.10 Å². The Morgan fingerprint density at radius 1 is 0.290 bits per heavy atom. The van der Waals surface area contributed by atoms with Gasteiger partial charge in [-0.25, -0.2) is 0 Å². The van der Waals surface area contributed by atoms with E-state index in [0.29, 0.717) is 19.3 Å². The standard InChI is InChI=1S/C63H112O6/c1-4-7-10-13-16-19-22-25-28-30-31-33-36-38-41-44-47-50-53-56-62(65)68-59-60(69-63(66)57-54-51-48-45-42-39-34-27-24-21-18-15-12-9-6-3)58-67-61(64)55-52-49-46-43-40-37-35-32-29-26-23-20-17-14-11-8-5-2/h18,21,26-27,29,34-35,37,43,46,60H,4-17,19-20,22-25,28,30-33,36,38-42,44-45,47-59H2,1-3H3/b21-18-,29-26-,34-27-,37-35-,46-43-/t60-/m1/s1. The third kappa shape index (κ3) is 55.9. The molecule has 0 heterocycles. The molecule has 0 rings (SSSR count). The van der Waals surface area contributed by atoms with Crippen LogP contribution < -0.4 is 0 Å². The highest BCUT2D eigenvalue weighted by Crippen LogP contribution is 2.16. The van der Waals surface area contributed by atoms with Gasteiger partial charge in [0, 0.05) is 19.3 Å². The summed E-state index contributed by atoms with van der Waals surface area (Å²) in [4.78, 5) is 38.2. The zero-order chi connectivity index (χ0) is 50.0. The van der Waals surface area contributed by atoms with E-state index >= 15 is 0 Å². The fraction of sp³-hybridized carbons (Fsp3) is 0.794. The molecule has 6 nitrogen and oxygen atoms in total. The summed E-state index contributed by atoms with van der Waals surface area (Å²) in [6.45, 7) is 6.59. The van der Waals surface area contributed by atoms with Crippen molar-refractivity contribution in [3.8, 4) is 0 Å². The van der Waals surface area contributed by atoms with Crippen LogP contribution in [-0.2, 0) is 28.6 Å². The van der Waals surface area contributed by atoms with Gasteiger partial charge in [-0.2, -0.15) is 0 Å². The Bertz CT molecular complexity index is 1250. The molecule has 0 aliphatic carbocycles. The fourth-order valence-corrected chi connectivity index (χ4v) is 8.49. The van der Waals surface area contributed by atoms with Gasteiger partial charge in [0.05, 0.1) is 0 Å². The molecule has 0 saturated heterocycles. The molecule has 0 unspecified atom stereocenters. The number of unbranched alkanes of at least 4 members (excludes halogenated alkanes) is 33. The van der Waals surface area contributed by atoms with Crippen LogP contribution in [0.3, 0.4) is 0 Å². The van der Waals surface area contributed by atoms with Gasteiger partial charge in [-0.1, -0.05) is 261 Å². The van der Waals surface area contributed by atoms with Crippen LogP contribution in [0, 0.1) is 0 Å². The van der Waals surface area contributed by atoms with Crippen molar-refractivity contribution in [2.24, 2.45) is 0 Å². The van der Waals surface area contributed by atoms with Gasteiger partial charge in [0.25, 0.3) is 0 Å². The lowest BCUT2D eigenvalue weighted by atomic mass is 10.0. The van der Waals surface area contributed by atoms with Gasteiger partial charge in [0.1, 0.15) is 13.2 Å². The van der Waals surface area contributed by atoms with Crippen LogP contribution in [0.4, 0.5) is 0 Å². The Morgan fingerprint density at radius 2 is 0.536 bits per heavy atom. The Kier molecular flexibility index (Phi) is 55.3. The first-order chi connectivity index (χ1) is 34.0. The molecule has 0 aliphatic heterocycles. The Hall–Kier alpha value is -2.89. The van der Waals surface area contributed by atoms with Crippen molar-refractivity contribution < 1.29 is 28.6 Å². The zero-order valence-electron chi connectivity index (χ0n) is 45.8. The summed E-state index contributed by atoms with van der Waals surface area (Å²) < 4.78 is 16.8. The molecule has 1 atom stereocenters. The predicted molar refractivity (Wildman–Crippen MR) is 298 cm³/mol. The Labute approximate surface area is 428 Å². The van der Waals surface area contributed by atoms with E-state index in [1.807, 2.05) is 0 Å². The third-order valence-electron chi connectivity index (χ3n) is 13.0. The van der Waals surface area contributed by atoms with Crippen LogP contribution >= 0.6 is 0 Å². The molecular weight excluding hydrogens is 853 g/mol. The molecule has 0 radical (unpaired) electrons. The van der Waals surface area contributed by atoms with Crippen molar-refractivity contribution in [3.05, 3.63) is 60.8 Å². The maximum Gasteiger partial charge on any atom is 0.306 e. The highest BCUT2D eigenvalue weighted by atomic mass is 16.6. The predicted octanol–water partition coefficient (Wildman–Crippen LogP) is 20.0. The lowest BCUT2D eigenvalue weighted by Gasteiger charge is -2.18. The van der Waals surface area contributed by atoms with Crippen LogP contribution in [0.1, 0.15) is 303 Å². The lowest BCUT2D eigenvalue weighted by molar-refractivity contribution is -0.167. The van der Waals surface area contributed by atoms with E-state index in [2.05, 4.69) is 81.5 Å². The average Bonchev–Trinajstić information content (AvgIpc) is 3.35. The van der Waals surface area contributed by atoms with Gasteiger partial charge in [0.2, 0.25) is 0 Å². The number of carbonyl (C=O) groups excluding carboxylic acids is 3. The molecule has 0 aromatic rings. The minimum Gasteiger partial charge on any atom is -0.462 e. The maximum atomic E-state index is 12.8. The zero-order valence-corrected chi connectivity index (χ0v) is 45.8. The molecule has 6 heteroatoms. The lowest BCUT2D eigenvalue weighted by Crippen LogP contribution is -2.30. The summed E-state index contributed by atoms with van der Waals surface area (Å²) in [6.07, 6.45) is 72.2. The number of rotatable bonds is 54. The van der Waals surface area contributed by atoms with Crippen molar-refractivity contribution in [3.63, 3.8) is 0 Å². The maximum absolute atomic E-state index is 12.8. The first kappa shape index (κ1) is 66.1. The summed E-state index contributed by atoms with van der Waals surface area (Å²) in [7, 11) is 0. The quantitative estimate of drug-likeness (QED) is 0.0262. The van der Waals surface area contributed by atoms with Crippen LogP contribution in [0.5, 0.6) is 0 Å². The molecule has 0 N–H and O–H groups in total. The van der Waals surface area contributed by atoms with Gasteiger partial charge < -0.3 is 14.2 Å². The third-order valence-corrected chi connectivity index (χ3v) is 13.0. The van der Waals surface area contributed by atoms with Gasteiger partial charge >= 0.3 is 17.9 Å². The largest absolute Gasteiger partial charge is 0.462 e. The van der Waals surface area contributed by atoms with E-state index in [9.17, 15) is 14.4 Å². The number of carbonyl (C=O) groups is 3. The van der Waals surface area contributed by atoms with Crippen molar-refractivity contribution in [2.45, 2.75) is 309 Å². The van der Waals surface area contributed by atoms with Crippen LogP contribution in [-0.4, -0.2) is 37.2 Å². The van der Waals surface area contributed by atoms with E-state index in [-0.39, 0.29) is 37.5 Å². The summed E-state index contributed by atoms with van der Waals surface area (Å²) >= 11 is 0. The Balaban J connectivity index is 4.42. The molecule has 0 amide bonds. The molecular formula is C63H112O6. The van der Waals surface area contributed by atoms with Crippen LogP contribution in [0.15, 0.2) is 60.8 Å². The molecule has 0 aromatic heterocycles. The molecule has 0 fully saturated rings. The van der Waals surface area contributed by atoms with Gasteiger partial charge in [-0.3, -0.25) is 14.4 Å². The molecule has 400 valence electrons. The number of esters is 3. The van der Waals surface area contributed by atoms with Crippen molar-refractivity contribution >= 4 is 17.9 Å². The first-order valence-electron chi connectivity index (χ1n) is 29.8. The Morgan fingerprint density at radius 3 is 0.899 bits per heavy atom. The second kappa shape index (κ2) is 57.7. The summed E-state index contributed by atoms with van der Waals surface area (Å²) in [6, 6.07) is 0. The normalized spacial score (nSPS) is 12.4. The van der Waals surface area contributed by atoms with E-state index in [1.165, 1.54) is 173 Å². The van der Waals surface area contributed by atoms with Crippen molar-refractivity contribution in [1.29, 1.82) is 0 Å². The summed E-state index contributed by atoms with van der Waals surface area (Å²) in [5, 5.41) is 0. The second-order valence-electron chi connectivity index (χ2n) is 19.9. The molecule has 0 aromatic carbocycles. The number of hydrogen-bond donors (Lipinski definition) is 0. The molecule has 0 spiro atoms. The highest BCUT2D eigenvalue weighted by molar-refractivity contribution is 5.71. The molecule has 0 aliphatic rings. The van der Waals surface area contributed by atoms with Crippen LogP contribution in [0.2, 0.25) is 0 Å². The van der Waals surface area contributed by atoms with Gasteiger partial charge in [0.15, 0.2) is 6.10 Å². The molecule has 0 bridgehead atoms. The van der Waals surface area contributed by atoms with E-state index in [4.69, 9.17) is 14.2 Å². The average molecular weight is 966 g/mol. The number of ether oxygens (including phenoxy) is 3. The van der Waals surface area contributed by atoms with Crippen LogP contribution in [0.25, 0.3) is 0 Å². The van der Waals surface area contributed by atoms with Crippen molar-refractivity contribution in [2.75, 3.05) is 13.2 Å². The molecule has 0 saturated carbocycles.